The van der Waals surface area contributed by atoms with Crippen molar-refractivity contribution in [2.45, 2.75) is 76.2 Å². The van der Waals surface area contributed by atoms with E-state index in [9.17, 15) is 4.79 Å². The number of hydrogen-bond acceptors (Lipinski definition) is 1. The molecule has 0 aliphatic carbocycles. The lowest BCUT2D eigenvalue weighted by molar-refractivity contribution is 0.0695. The molecule has 142 valence electrons. The molecule has 0 saturated carbocycles. The summed E-state index contributed by atoms with van der Waals surface area (Å²) >= 11 is 0. The first-order valence-electron chi connectivity index (χ1n) is 9.18. The van der Waals surface area contributed by atoms with E-state index in [2.05, 4.69) is 41.5 Å². The molecule has 0 radical (unpaired) electrons. The van der Waals surface area contributed by atoms with Crippen molar-refractivity contribution in [3.8, 4) is 0 Å². The van der Waals surface area contributed by atoms with Crippen LogP contribution in [0.4, 0.5) is 0 Å². The Kier molecular flexibility index (Phi) is 6.82. The Morgan fingerprint density at radius 3 is 0.731 bits per heavy atom. The van der Waals surface area contributed by atoms with Crippen molar-refractivity contribution < 1.29 is 9.90 Å². The van der Waals surface area contributed by atoms with Gasteiger partial charge in [-0.2, -0.15) is 0 Å². The molecule has 0 heterocycles. The zero-order valence-electron chi connectivity index (χ0n) is 18.4. The molecule has 0 fully saturated rings. The Labute approximate surface area is 159 Å². The number of benzene rings is 2. The van der Waals surface area contributed by atoms with Crippen LogP contribution in [0.1, 0.15) is 71.6 Å². The van der Waals surface area contributed by atoms with Gasteiger partial charge in [-0.05, 0) is 137 Å². The lowest BCUT2D eigenvalue weighted by Gasteiger charge is -2.15. The number of carboxylic acids is 1. The molecule has 0 aromatic heterocycles. The van der Waals surface area contributed by atoms with Crippen LogP contribution in [0, 0.1) is 76.2 Å². The van der Waals surface area contributed by atoms with E-state index in [-0.39, 0.29) is 0 Å². The Morgan fingerprint density at radius 2 is 0.577 bits per heavy atom. The molecule has 2 rings (SSSR count). The molecule has 0 saturated heterocycles. The monoisotopic (exact) mass is 354 g/mol. The minimum atomic E-state index is -0.828. The molecule has 0 aliphatic heterocycles. The van der Waals surface area contributed by atoms with Crippen LogP contribution < -0.4 is 0 Å². The largest absolute Gasteiger partial charge is 0.478 e. The van der Waals surface area contributed by atoms with Crippen LogP contribution in [0.2, 0.25) is 0 Å². The van der Waals surface area contributed by atoms with Crippen LogP contribution in [0.25, 0.3) is 0 Å². The summed E-state index contributed by atoms with van der Waals surface area (Å²) in [6, 6.07) is 0. The van der Waals surface area contributed by atoms with E-state index in [1.54, 1.807) is 0 Å². The van der Waals surface area contributed by atoms with Gasteiger partial charge >= 0.3 is 5.97 Å². The minimum absolute atomic E-state index is 0.464. The van der Waals surface area contributed by atoms with Crippen molar-refractivity contribution in [1.29, 1.82) is 0 Å². The highest BCUT2D eigenvalue weighted by Gasteiger charge is 2.16. The number of carboxylic acid groups (broad SMARTS) is 1. The summed E-state index contributed by atoms with van der Waals surface area (Å²) in [4.78, 5) is 11.1. The summed E-state index contributed by atoms with van der Waals surface area (Å²) in [6.45, 7) is 23.0. The zero-order chi connectivity index (χ0) is 20.5. The molecule has 0 amide bonds. The lowest BCUT2D eigenvalue weighted by Crippen LogP contribution is -2.08. The topological polar surface area (TPSA) is 37.3 Å². The highest BCUT2D eigenvalue weighted by atomic mass is 16.4. The van der Waals surface area contributed by atoms with Crippen LogP contribution in [0.5, 0.6) is 0 Å². The molecule has 0 atom stereocenters. The van der Waals surface area contributed by atoms with Gasteiger partial charge in [0.1, 0.15) is 0 Å². The summed E-state index contributed by atoms with van der Waals surface area (Å²) in [7, 11) is 0. The molecule has 1 N–H and O–H groups in total. The Bertz CT molecular complexity index is 737. The van der Waals surface area contributed by atoms with Crippen LogP contribution in [-0.4, -0.2) is 11.1 Å². The Balaban J connectivity index is 0.000000263. The second-order valence-corrected chi connectivity index (χ2v) is 7.56. The highest BCUT2D eigenvalue weighted by Crippen LogP contribution is 2.26. The molecular weight excluding hydrogens is 320 g/mol. The van der Waals surface area contributed by atoms with E-state index in [0.29, 0.717) is 5.56 Å². The van der Waals surface area contributed by atoms with Gasteiger partial charge in [0, 0.05) is 0 Å². The van der Waals surface area contributed by atoms with Crippen LogP contribution >= 0.6 is 0 Å². The smallest absolute Gasteiger partial charge is 0.336 e. The van der Waals surface area contributed by atoms with Gasteiger partial charge in [-0.1, -0.05) is 0 Å². The maximum absolute atomic E-state index is 11.1. The Hall–Kier alpha value is -2.09. The van der Waals surface area contributed by atoms with Crippen molar-refractivity contribution in [1.82, 2.24) is 0 Å². The molecule has 26 heavy (non-hydrogen) atoms. The molecule has 2 aromatic rings. The third kappa shape index (κ3) is 3.85. The maximum atomic E-state index is 11.1. The lowest BCUT2D eigenvalue weighted by atomic mass is 9.90. The molecule has 2 heteroatoms. The summed E-state index contributed by atoms with van der Waals surface area (Å²) in [5, 5.41) is 9.09. The third-order valence-corrected chi connectivity index (χ3v) is 6.59. The molecular formula is C24H34O2. The van der Waals surface area contributed by atoms with Crippen LogP contribution in [-0.2, 0) is 0 Å². The molecule has 0 bridgehead atoms. The van der Waals surface area contributed by atoms with Crippen molar-refractivity contribution in [3.05, 3.63) is 66.8 Å². The fourth-order valence-corrected chi connectivity index (χ4v) is 3.51. The predicted octanol–water partition coefficient (Wildman–Crippen LogP) is 6.46. The van der Waals surface area contributed by atoms with Gasteiger partial charge in [0.2, 0.25) is 0 Å². The molecule has 0 aliphatic rings. The van der Waals surface area contributed by atoms with E-state index >= 15 is 0 Å². The SMILES string of the molecule is Cc1c(C)c(C)c(C(=O)O)c(C)c1C.Cc1c(C)c(C)c(C)c(C)c1C. The normalized spacial score (nSPS) is 10.4. The zero-order valence-corrected chi connectivity index (χ0v) is 18.4. The standard InChI is InChI=1S/C12H16O2.C12H18/c1-6-7(2)9(4)11(12(13)14)10(5)8(6)3;1-7-8(2)10(4)12(6)11(5)9(7)3/h1-5H3,(H,13,14);1-6H3. The summed E-state index contributed by atoms with van der Waals surface area (Å²) < 4.78 is 0. The number of hydrogen-bond donors (Lipinski definition) is 1. The number of carbonyl (C=O) groups is 1. The fraction of sp³-hybridized carbons (Fsp3) is 0.458. The third-order valence-electron chi connectivity index (χ3n) is 6.59. The molecule has 2 nitrogen and oxygen atoms in total. The first-order valence-corrected chi connectivity index (χ1v) is 9.18. The van der Waals surface area contributed by atoms with Crippen molar-refractivity contribution in [3.63, 3.8) is 0 Å². The average molecular weight is 355 g/mol. The van der Waals surface area contributed by atoms with E-state index in [4.69, 9.17) is 5.11 Å². The number of rotatable bonds is 1. The first kappa shape index (κ1) is 22.0. The summed E-state index contributed by atoms with van der Waals surface area (Å²) in [6.07, 6.45) is 0. The van der Waals surface area contributed by atoms with Gasteiger partial charge in [-0.3, -0.25) is 0 Å². The second-order valence-electron chi connectivity index (χ2n) is 7.56. The van der Waals surface area contributed by atoms with Crippen molar-refractivity contribution in [2.75, 3.05) is 0 Å². The van der Waals surface area contributed by atoms with Crippen LogP contribution in [0.15, 0.2) is 0 Å². The minimum Gasteiger partial charge on any atom is -0.478 e. The average Bonchev–Trinajstić information content (AvgIpc) is 2.60. The van der Waals surface area contributed by atoms with Gasteiger partial charge in [0.05, 0.1) is 5.56 Å². The fourth-order valence-electron chi connectivity index (χ4n) is 3.51. The molecule has 0 spiro atoms. The van der Waals surface area contributed by atoms with Gasteiger partial charge < -0.3 is 5.11 Å². The predicted molar refractivity (Wildman–Crippen MR) is 112 cm³/mol. The number of aromatic carboxylic acids is 1. The quantitative estimate of drug-likeness (QED) is 0.637. The van der Waals surface area contributed by atoms with Crippen molar-refractivity contribution >= 4 is 5.97 Å². The summed E-state index contributed by atoms with van der Waals surface area (Å²) in [5.74, 6) is -0.828. The summed E-state index contributed by atoms with van der Waals surface area (Å²) in [5.41, 5.74) is 14.3. The first-order chi connectivity index (χ1) is 11.8. The van der Waals surface area contributed by atoms with Gasteiger partial charge in [0.15, 0.2) is 0 Å². The van der Waals surface area contributed by atoms with Crippen LogP contribution in [0.3, 0.4) is 0 Å². The van der Waals surface area contributed by atoms with E-state index in [0.717, 1.165) is 22.3 Å². The highest BCUT2D eigenvalue weighted by molar-refractivity contribution is 5.92. The van der Waals surface area contributed by atoms with Gasteiger partial charge in [-0.25, -0.2) is 4.79 Å². The van der Waals surface area contributed by atoms with E-state index in [1.165, 1.54) is 38.9 Å². The van der Waals surface area contributed by atoms with Crippen molar-refractivity contribution in [2.24, 2.45) is 0 Å². The van der Waals surface area contributed by atoms with E-state index in [1.807, 2.05) is 34.6 Å². The van der Waals surface area contributed by atoms with E-state index < -0.39 is 5.97 Å². The van der Waals surface area contributed by atoms with Gasteiger partial charge in [-0.15, -0.1) is 0 Å². The maximum Gasteiger partial charge on any atom is 0.336 e. The Morgan fingerprint density at radius 1 is 0.423 bits per heavy atom. The second kappa shape index (κ2) is 8.07. The van der Waals surface area contributed by atoms with Gasteiger partial charge in [0.25, 0.3) is 0 Å². The molecule has 0 unspecified atom stereocenters. The molecule has 2 aromatic carbocycles.